The Morgan fingerprint density at radius 1 is 0.969 bits per heavy atom. The summed E-state index contributed by atoms with van der Waals surface area (Å²) in [6, 6.07) is 14.0. The highest BCUT2D eigenvalue weighted by molar-refractivity contribution is 5.93. The number of aryl methyl sites for hydroxylation is 3. The number of anilines is 1. The maximum atomic E-state index is 13.6. The minimum absolute atomic E-state index is 0.0176. The van der Waals surface area contributed by atoms with E-state index in [0.29, 0.717) is 0 Å². The number of aromatic nitrogens is 2. The normalized spacial score (nSPS) is 15.0. The molecule has 1 saturated heterocycles. The first-order chi connectivity index (χ1) is 15.4. The van der Waals surface area contributed by atoms with Crippen LogP contribution in [0, 0.1) is 32.5 Å². The number of amides is 1. The highest BCUT2D eigenvalue weighted by Gasteiger charge is 2.25. The van der Waals surface area contributed by atoms with E-state index in [1.54, 1.807) is 6.07 Å². The van der Waals surface area contributed by atoms with Crippen LogP contribution < -0.4 is 5.32 Å². The smallest absolute Gasteiger partial charge is 0.227 e. The third-order valence-electron chi connectivity index (χ3n) is 6.20. The fourth-order valence-electron chi connectivity index (χ4n) is 4.16. The van der Waals surface area contributed by atoms with Crippen molar-refractivity contribution in [3.8, 4) is 11.1 Å². The number of nitrogens with one attached hydrogen (secondary N) is 1. The molecule has 1 aromatic heterocycles. The van der Waals surface area contributed by atoms with Gasteiger partial charge in [-0.1, -0.05) is 24.3 Å². The molecule has 3 aromatic rings. The van der Waals surface area contributed by atoms with Crippen LogP contribution in [0.4, 0.5) is 10.1 Å². The van der Waals surface area contributed by atoms with Gasteiger partial charge in [-0.3, -0.25) is 19.7 Å². The van der Waals surface area contributed by atoms with Gasteiger partial charge in [0, 0.05) is 18.2 Å². The molecule has 2 aromatic carbocycles. The molecule has 1 N–H and O–H groups in total. The molecule has 6 heteroatoms. The van der Waals surface area contributed by atoms with E-state index in [4.69, 9.17) is 4.98 Å². The minimum atomic E-state index is -0.273. The van der Waals surface area contributed by atoms with Crippen molar-refractivity contribution < 1.29 is 9.18 Å². The van der Waals surface area contributed by atoms with Crippen molar-refractivity contribution in [1.82, 2.24) is 14.9 Å². The average molecular weight is 433 g/mol. The van der Waals surface area contributed by atoms with Crippen molar-refractivity contribution in [3.63, 3.8) is 0 Å². The van der Waals surface area contributed by atoms with Crippen LogP contribution in [0.3, 0.4) is 0 Å². The Morgan fingerprint density at radius 2 is 1.62 bits per heavy atom. The third kappa shape index (κ3) is 5.19. The molecular weight excluding hydrogens is 403 g/mol. The van der Waals surface area contributed by atoms with Gasteiger partial charge in [0.05, 0.1) is 22.8 Å². The van der Waals surface area contributed by atoms with Gasteiger partial charge in [0.2, 0.25) is 5.91 Å². The molecule has 1 fully saturated rings. The summed E-state index contributed by atoms with van der Waals surface area (Å²) in [6.45, 7) is 8.46. The zero-order valence-electron chi connectivity index (χ0n) is 18.9. The zero-order chi connectivity index (χ0) is 22.7. The largest absolute Gasteiger partial charge is 0.326 e. The number of benzene rings is 2. The van der Waals surface area contributed by atoms with Gasteiger partial charge in [0.1, 0.15) is 5.82 Å². The van der Waals surface area contributed by atoms with E-state index in [2.05, 4.69) is 15.2 Å². The monoisotopic (exact) mass is 432 g/mol. The van der Waals surface area contributed by atoms with Crippen molar-refractivity contribution in [2.24, 2.45) is 5.92 Å². The molecular formula is C26H29FN4O. The van der Waals surface area contributed by atoms with Gasteiger partial charge < -0.3 is 5.32 Å². The number of carbonyl (C=O) groups is 1. The topological polar surface area (TPSA) is 58.1 Å². The second-order valence-electron chi connectivity index (χ2n) is 8.56. The first kappa shape index (κ1) is 22.1. The quantitative estimate of drug-likeness (QED) is 0.612. The van der Waals surface area contributed by atoms with E-state index in [9.17, 15) is 9.18 Å². The molecule has 166 valence electrons. The Balaban J connectivity index is 1.34. The molecule has 0 atom stereocenters. The number of nitrogens with zero attached hydrogens (tertiary/aromatic N) is 3. The molecule has 0 spiro atoms. The van der Waals surface area contributed by atoms with Gasteiger partial charge >= 0.3 is 0 Å². The van der Waals surface area contributed by atoms with E-state index in [-0.39, 0.29) is 17.6 Å². The van der Waals surface area contributed by atoms with Crippen LogP contribution in [0.15, 0.2) is 48.5 Å². The Labute approximate surface area is 188 Å². The van der Waals surface area contributed by atoms with Gasteiger partial charge in [-0.15, -0.1) is 0 Å². The number of hydrogen-bond donors (Lipinski definition) is 1. The average Bonchev–Trinajstić information content (AvgIpc) is 2.78. The predicted molar refractivity (Wildman–Crippen MR) is 125 cm³/mol. The summed E-state index contributed by atoms with van der Waals surface area (Å²) in [6.07, 6.45) is 1.62. The van der Waals surface area contributed by atoms with Gasteiger partial charge in [0.15, 0.2) is 0 Å². The second kappa shape index (κ2) is 9.57. The number of piperidine rings is 1. The number of carbonyl (C=O) groups excluding carboxylic acids is 1. The van der Waals surface area contributed by atoms with Crippen molar-refractivity contribution in [2.75, 3.05) is 18.4 Å². The number of rotatable bonds is 5. The zero-order valence-corrected chi connectivity index (χ0v) is 18.9. The summed E-state index contributed by atoms with van der Waals surface area (Å²) in [5.41, 5.74) is 6.35. The van der Waals surface area contributed by atoms with Gasteiger partial charge in [-0.2, -0.15) is 0 Å². The van der Waals surface area contributed by atoms with Crippen LogP contribution in [-0.4, -0.2) is 33.9 Å². The molecule has 0 radical (unpaired) electrons. The molecule has 0 unspecified atom stereocenters. The van der Waals surface area contributed by atoms with E-state index in [1.165, 1.54) is 12.1 Å². The Bertz CT molecular complexity index is 1120. The van der Waals surface area contributed by atoms with Crippen molar-refractivity contribution in [1.29, 1.82) is 0 Å². The standard InChI is InChI=1S/C26H29FN4O/c1-17-18(2)29-25(19(3)28-17)16-31-12-10-20(11-13-31)26(32)30-24-9-5-7-22(15-24)21-6-4-8-23(27)14-21/h4-9,14-15,20H,10-13,16H2,1-3H3,(H,30,32). The Hall–Kier alpha value is -3.12. The van der Waals surface area contributed by atoms with Crippen LogP contribution in [0.25, 0.3) is 11.1 Å². The van der Waals surface area contributed by atoms with E-state index in [0.717, 1.165) is 72.1 Å². The molecule has 5 nitrogen and oxygen atoms in total. The fraction of sp³-hybridized carbons (Fsp3) is 0.346. The molecule has 4 rings (SSSR count). The summed E-state index contributed by atoms with van der Waals surface area (Å²) in [4.78, 5) is 24.5. The Kier molecular flexibility index (Phi) is 6.61. The highest BCUT2D eigenvalue weighted by atomic mass is 19.1. The van der Waals surface area contributed by atoms with Crippen molar-refractivity contribution >= 4 is 11.6 Å². The van der Waals surface area contributed by atoms with Crippen molar-refractivity contribution in [3.05, 3.63) is 77.1 Å². The summed E-state index contributed by atoms with van der Waals surface area (Å²) in [7, 11) is 0. The third-order valence-corrected chi connectivity index (χ3v) is 6.20. The van der Waals surface area contributed by atoms with Gasteiger partial charge in [-0.25, -0.2) is 4.39 Å². The molecule has 32 heavy (non-hydrogen) atoms. The number of halogens is 1. The van der Waals surface area contributed by atoms with Gasteiger partial charge in [0.25, 0.3) is 0 Å². The highest BCUT2D eigenvalue weighted by Crippen LogP contribution is 2.25. The van der Waals surface area contributed by atoms with Crippen LogP contribution in [-0.2, 0) is 11.3 Å². The summed E-state index contributed by atoms with van der Waals surface area (Å²) in [5.74, 6) is -0.245. The van der Waals surface area contributed by atoms with Crippen LogP contribution in [0.1, 0.15) is 35.6 Å². The molecule has 1 amide bonds. The molecule has 0 saturated carbocycles. The maximum Gasteiger partial charge on any atom is 0.227 e. The molecule has 0 aliphatic carbocycles. The second-order valence-corrected chi connectivity index (χ2v) is 8.56. The minimum Gasteiger partial charge on any atom is -0.326 e. The Morgan fingerprint density at radius 3 is 2.34 bits per heavy atom. The van der Waals surface area contributed by atoms with Crippen LogP contribution in [0.2, 0.25) is 0 Å². The maximum absolute atomic E-state index is 13.6. The number of hydrogen-bond acceptors (Lipinski definition) is 4. The molecule has 0 bridgehead atoms. The summed E-state index contributed by atoms with van der Waals surface area (Å²) < 4.78 is 13.6. The van der Waals surface area contributed by atoms with Crippen LogP contribution in [0.5, 0.6) is 0 Å². The first-order valence-electron chi connectivity index (χ1n) is 11.1. The lowest BCUT2D eigenvalue weighted by Gasteiger charge is -2.31. The number of likely N-dealkylation sites (tertiary alicyclic amines) is 1. The lowest BCUT2D eigenvalue weighted by Crippen LogP contribution is -2.38. The summed E-state index contributed by atoms with van der Waals surface area (Å²) in [5, 5.41) is 3.05. The summed E-state index contributed by atoms with van der Waals surface area (Å²) >= 11 is 0. The lowest BCUT2D eigenvalue weighted by molar-refractivity contribution is -0.121. The van der Waals surface area contributed by atoms with Crippen molar-refractivity contribution in [2.45, 2.75) is 40.2 Å². The van der Waals surface area contributed by atoms with Gasteiger partial charge in [-0.05, 0) is 82.1 Å². The van der Waals surface area contributed by atoms with E-state index in [1.807, 2.05) is 51.1 Å². The predicted octanol–water partition coefficient (Wildman–Crippen LogP) is 5.06. The first-order valence-corrected chi connectivity index (χ1v) is 11.1. The fourth-order valence-corrected chi connectivity index (χ4v) is 4.16. The van der Waals surface area contributed by atoms with Crippen LogP contribution >= 0.6 is 0 Å². The SMILES string of the molecule is Cc1nc(C)c(CN2CCC(C(=O)Nc3cccc(-c4cccc(F)c4)c3)CC2)nc1C. The molecule has 1 aliphatic heterocycles. The van der Waals surface area contributed by atoms with E-state index >= 15 is 0 Å². The van der Waals surface area contributed by atoms with E-state index < -0.39 is 0 Å². The molecule has 1 aliphatic rings. The molecule has 2 heterocycles. The lowest BCUT2D eigenvalue weighted by atomic mass is 9.95.